The summed E-state index contributed by atoms with van der Waals surface area (Å²) in [6.45, 7) is 14.4. The molecule has 110 valence electrons. The van der Waals surface area contributed by atoms with Crippen LogP contribution in [0.3, 0.4) is 0 Å². The van der Waals surface area contributed by atoms with Gasteiger partial charge < -0.3 is 5.32 Å². The summed E-state index contributed by atoms with van der Waals surface area (Å²) in [5.74, 6) is 1.81. The van der Waals surface area contributed by atoms with Crippen molar-refractivity contribution in [3.63, 3.8) is 0 Å². The topological polar surface area (TPSA) is 42.7 Å². The second kappa shape index (κ2) is 5.66. The molecular weight excluding hydrogens is 268 g/mol. The van der Waals surface area contributed by atoms with Crippen molar-refractivity contribution >= 4 is 11.3 Å². The Balaban J connectivity index is 2.10. The second-order valence-corrected chi connectivity index (χ2v) is 7.60. The molecule has 0 radical (unpaired) electrons. The lowest BCUT2D eigenvalue weighted by molar-refractivity contribution is 0.426. The van der Waals surface area contributed by atoms with Crippen LogP contribution in [-0.4, -0.2) is 20.3 Å². The maximum Gasteiger partial charge on any atom is 0.147 e. The van der Waals surface area contributed by atoms with Crippen LogP contribution in [0.5, 0.6) is 0 Å². The number of aryl methyl sites for hydroxylation is 3. The smallest absolute Gasteiger partial charge is 0.147 e. The minimum atomic E-state index is 0.150. The van der Waals surface area contributed by atoms with Gasteiger partial charge in [0, 0.05) is 21.8 Å². The highest BCUT2D eigenvalue weighted by atomic mass is 32.1. The summed E-state index contributed by atoms with van der Waals surface area (Å²) in [7, 11) is 0. The Morgan fingerprint density at radius 3 is 2.50 bits per heavy atom. The van der Waals surface area contributed by atoms with Gasteiger partial charge in [0.25, 0.3) is 0 Å². The van der Waals surface area contributed by atoms with E-state index < -0.39 is 0 Å². The van der Waals surface area contributed by atoms with E-state index in [4.69, 9.17) is 0 Å². The van der Waals surface area contributed by atoms with Gasteiger partial charge in [-0.25, -0.2) is 9.67 Å². The molecule has 0 bridgehead atoms. The third-order valence-corrected chi connectivity index (χ3v) is 4.24. The minimum absolute atomic E-state index is 0.150. The summed E-state index contributed by atoms with van der Waals surface area (Å²) in [4.78, 5) is 7.10. The Labute approximate surface area is 125 Å². The van der Waals surface area contributed by atoms with Crippen LogP contribution < -0.4 is 5.32 Å². The van der Waals surface area contributed by atoms with Crippen molar-refractivity contribution < 1.29 is 0 Å². The zero-order valence-electron chi connectivity index (χ0n) is 13.2. The fourth-order valence-corrected chi connectivity index (χ4v) is 3.05. The van der Waals surface area contributed by atoms with E-state index in [0.717, 1.165) is 24.7 Å². The molecule has 0 amide bonds. The van der Waals surface area contributed by atoms with Gasteiger partial charge in [-0.1, -0.05) is 0 Å². The first kappa shape index (κ1) is 15.2. The molecule has 2 aromatic heterocycles. The van der Waals surface area contributed by atoms with Gasteiger partial charge in [0.05, 0.1) is 6.54 Å². The second-order valence-electron chi connectivity index (χ2n) is 6.26. The standard InChI is InChI=1S/C15H24N4S/c1-10-13(9-19-12(3)17-11(2)18-19)7-14(20-10)8-16-15(4,5)6/h7,16H,8-9H2,1-6H3. The van der Waals surface area contributed by atoms with Crippen LogP contribution >= 0.6 is 11.3 Å². The number of hydrogen-bond acceptors (Lipinski definition) is 4. The third-order valence-electron chi connectivity index (χ3n) is 3.15. The number of rotatable bonds is 4. The summed E-state index contributed by atoms with van der Waals surface area (Å²) in [6, 6.07) is 2.29. The van der Waals surface area contributed by atoms with Gasteiger partial charge in [-0.2, -0.15) is 5.10 Å². The van der Waals surface area contributed by atoms with Crippen molar-refractivity contribution in [3.05, 3.63) is 33.0 Å². The average molecular weight is 292 g/mol. The predicted octanol–water partition coefficient (Wildman–Crippen LogP) is 3.20. The Morgan fingerprint density at radius 2 is 1.95 bits per heavy atom. The molecule has 2 aromatic rings. The number of hydrogen-bond donors (Lipinski definition) is 1. The highest BCUT2D eigenvalue weighted by Crippen LogP contribution is 2.23. The largest absolute Gasteiger partial charge is 0.307 e. The Hall–Kier alpha value is -1.20. The normalized spacial score (nSPS) is 12.1. The van der Waals surface area contributed by atoms with Gasteiger partial charge >= 0.3 is 0 Å². The summed E-state index contributed by atoms with van der Waals surface area (Å²) in [5, 5.41) is 7.97. The van der Waals surface area contributed by atoms with Gasteiger partial charge in [0.2, 0.25) is 0 Å². The Bertz CT molecular complexity index is 590. The van der Waals surface area contributed by atoms with Crippen LogP contribution in [0.4, 0.5) is 0 Å². The summed E-state index contributed by atoms with van der Waals surface area (Å²) < 4.78 is 1.98. The van der Waals surface area contributed by atoms with E-state index in [0.29, 0.717) is 0 Å². The molecule has 1 N–H and O–H groups in total. The molecule has 0 saturated carbocycles. The predicted molar refractivity (Wildman–Crippen MR) is 84.2 cm³/mol. The SMILES string of the molecule is Cc1nc(C)n(Cc2cc(CNC(C)(C)C)sc2C)n1. The molecule has 0 aromatic carbocycles. The van der Waals surface area contributed by atoms with E-state index in [1.807, 2.05) is 29.9 Å². The molecule has 0 aliphatic rings. The first-order chi connectivity index (χ1) is 9.24. The van der Waals surface area contributed by atoms with Crippen LogP contribution in [-0.2, 0) is 13.1 Å². The van der Waals surface area contributed by atoms with Gasteiger partial charge in [-0.3, -0.25) is 0 Å². The average Bonchev–Trinajstić information content (AvgIpc) is 2.80. The van der Waals surface area contributed by atoms with Gasteiger partial charge in [-0.15, -0.1) is 11.3 Å². The molecule has 0 unspecified atom stereocenters. The number of thiophene rings is 1. The van der Waals surface area contributed by atoms with E-state index >= 15 is 0 Å². The quantitative estimate of drug-likeness (QED) is 0.941. The summed E-state index contributed by atoms with van der Waals surface area (Å²) >= 11 is 1.86. The first-order valence-electron chi connectivity index (χ1n) is 6.96. The maximum atomic E-state index is 4.44. The highest BCUT2D eigenvalue weighted by molar-refractivity contribution is 7.12. The highest BCUT2D eigenvalue weighted by Gasteiger charge is 2.12. The van der Waals surface area contributed by atoms with E-state index in [2.05, 4.69) is 49.2 Å². The van der Waals surface area contributed by atoms with E-state index in [9.17, 15) is 0 Å². The Kier molecular flexibility index (Phi) is 4.30. The fourth-order valence-electron chi connectivity index (χ4n) is 2.06. The molecule has 0 spiro atoms. The molecule has 0 aliphatic carbocycles. The van der Waals surface area contributed by atoms with Crippen LogP contribution in [0.2, 0.25) is 0 Å². The third kappa shape index (κ3) is 3.90. The molecule has 2 rings (SSSR count). The van der Waals surface area contributed by atoms with Crippen LogP contribution in [0.1, 0.15) is 47.7 Å². The van der Waals surface area contributed by atoms with Gasteiger partial charge in [-0.05, 0) is 53.2 Å². The van der Waals surface area contributed by atoms with E-state index in [1.165, 1.54) is 15.3 Å². The number of nitrogens with zero attached hydrogens (tertiary/aromatic N) is 3. The molecule has 5 heteroatoms. The van der Waals surface area contributed by atoms with Crippen molar-refractivity contribution in [2.75, 3.05) is 0 Å². The summed E-state index contributed by atoms with van der Waals surface area (Å²) in [5.41, 5.74) is 1.49. The minimum Gasteiger partial charge on any atom is -0.307 e. The van der Waals surface area contributed by atoms with Crippen molar-refractivity contribution in [1.29, 1.82) is 0 Å². The molecular formula is C15H24N4S. The molecule has 0 saturated heterocycles. The number of aromatic nitrogens is 3. The summed E-state index contributed by atoms with van der Waals surface area (Å²) in [6.07, 6.45) is 0. The first-order valence-corrected chi connectivity index (χ1v) is 7.77. The lowest BCUT2D eigenvalue weighted by atomic mass is 10.1. The lowest BCUT2D eigenvalue weighted by Crippen LogP contribution is -2.34. The molecule has 0 aliphatic heterocycles. The maximum absolute atomic E-state index is 4.44. The molecule has 0 atom stereocenters. The van der Waals surface area contributed by atoms with E-state index in [1.54, 1.807) is 0 Å². The molecule has 4 nitrogen and oxygen atoms in total. The van der Waals surface area contributed by atoms with Crippen LogP contribution in [0, 0.1) is 20.8 Å². The zero-order chi connectivity index (χ0) is 14.9. The van der Waals surface area contributed by atoms with E-state index in [-0.39, 0.29) is 5.54 Å². The van der Waals surface area contributed by atoms with Crippen molar-refractivity contribution in [3.8, 4) is 0 Å². The molecule has 2 heterocycles. The molecule has 0 fully saturated rings. The van der Waals surface area contributed by atoms with Crippen molar-refractivity contribution in [2.45, 2.75) is 60.2 Å². The van der Waals surface area contributed by atoms with Crippen LogP contribution in [0.15, 0.2) is 6.07 Å². The van der Waals surface area contributed by atoms with Gasteiger partial charge in [0.1, 0.15) is 11.6 Å². The molecule has 20 heavy (non-hydrogen) atoms. The Morgan fingerprint density at radius 1 is 1.25 bits per heavy atom. The number of nitrogens with one attached hydrogen (secondary N) is 1. The van der Waals surface area contributed by atoms with Crippen molar-refractivity contribution in [2.24, 2.45) is 0 Å². The van der Waals surface area contributed by atoms with Crippen molar-refractivity contribution in [1.82, 2.24) is 20.1 Å². The van der Waals surface area contributed by atoms with Crippen LogP contribution in [0.25, 0.3) is 0 Å². The van der Waals surface area contributed by atoms with Gasteiger partial charge in [0.15, 0.2) is 0 Å². The zero-order valence-corrected chi connectivity index (χ0v) is 14.1. The monoisotopic (exact) mass is 292 g/mol. The lowest BCUT2D eigenvalue weighted by Gasteiger charge is -2.19. The fraction of sp³-hybridized carbons (Fsp3) is 0.600.